The number of aryl methyl sites for hydroxylation is 1. The van der Waals surface area contributed by atoms with E-state index >= 15 is 0 Å². The van der Waals surface area contributed by atoms with Crippen LogP contribution in [0.5, 0.6) is 11.5 Å². The normalized spacial score (nSPS) is 10.1. The predicted octanol–water partition coefficient (Wildman–Crippen LogP) is 3.34. The molecule has 2 aromatic carbocycles. The van der Waals surface area contributed by atoms with E-state index in [2.05, 4.69) is 5.32 Å². The van der Waals surface area contributed by atoms with Crippen LogP contribution in [-0.2, 0) is 14.3 Å². The Balaban J connectivity index is 1.70. The molecule has 1 amide bonds. The molecule has 0 radical (unpaired) electrons. The van der Waals surface area contributed by atoms with Crippen molar-refractivity contribution in [2.45, 2.75) is 20.3 Å². The van der Waals surface area contributed by atoms with Crippen molar-refractivity contribution in [2.24, 2.45) is 0 Å². The zero-order valence-corrected chi connectivity index (χ0v) is 15.0. The minimum atomic E-state index is -0.495. The summed E-state index contributed by atoms with van der Waals surface area (Å²) in [7, 11) is 0. The second kappa shape index (κ2) is 10.1. The molecular formula is C20H23NO5. The van der Waals surface area contributed by atoms with E-state index in [-0.39, 0.29) is 19.6 Å². The van der Waals surface area contributed by atoms with Gasteiger partial charge >= 0.3 is 5.97 Å². The van der Waals surface area contributed by atoms with Crippen molar-refractivity contribution >= 4 is 17.6 Å². The van der Waals surface area contributed by atoms with E-state index in [1.54, 1.807) is 18.2 Å². The number of amides is 1. The van der Waals surface area contributed by atoms with Gasteiger partial charge in [-0.3, -0.25) is 9.59 Å². The second-order valence-electron chi connectivity index (χ2n) is 5.55. The standard InChI is InChI=1S/C20H23NO5/c1-3-24-18-7-5-4-6-17(18)21-19(22)14-26-20(23)12-13-25-16-10-8-15(2)9-11-16/h4-11H,3,12-14H2,1-2H3,(H,21,22). The Morgan fingerprint density at radius 1 is 1.00 bits per heavy atom. The van der Waals surface area contributed by atoms with E-state index in [0.717, 1.165) is 5.56 Å². The highest BCUT2D eigenvalue weighted by Crippen LogP contribution is 2.23. The summed E-state index contributed by atoms with van der Waals surface area (Å²) < 4.78 is 15.8. The molecule has 0 aromatic heterocycles. The molecule has 0 fully saturated rings. The van der Waals surface area contributed by atoms with Gasteiger partial charge in [-0.1, -0.05) is 29.8 Å². The Morgan fingerprint density at radius 2 is 1.73 bits per heavy atom. The molecular weight excluding hydrogens is 334 g/mol. The number of carbonyl (C=O) groups is 2. The first kappa shape index (κ1) is 19.3. The van der Waals surface area contributed by atoms with Gasteiger partial charge in [0.2, 0.25) is 0 Å². The largest absolute Gasteiger partial charge is 0.493 e. The van der Waals surface area contributed by atoms with Crippen molar-refractivity contribution in [1.82, 2.24) is 0 Å². The Morgan fingerprint density at radius 3 is 2.46 bits per heavy atom. The van der Waals surface area contributed by atoms with Gasteiger partial charge < -0.3 is 19.5 Å². The molecule has 0 unspecified atom stereocenters. The highest BCUT2D eigenvalue weighted by atomic mass is 16.5. The van der Waals surface area contributed by atoms with Gasteiger partial charge in [0, 0.05) is 0 Å². The van der Waals surface area contributed by atoms with Crippen LogP contribution in [0, 0.1) is 6.92 Å². The average molecular weight is 357 g/mol. The SMILES string of the molecule is CCOc1ccccc1NC(=O)COC(=O)CCOc1ccc(C)cc1. The maximum Gasteiger partial charge on any atom is 0.309 e. The third-order valence-electron chi connectivity index (χ3n) is 3.42. The van der Waals surface area contributed by atoms with Gasteiger partial charge in [-0.25, -0.2) is 0 Å². The van der Waals surface area contributed by atoms with Gasteiger partial charge in [0.1, 0.15) is 11.5 Å². The first-order valence-electron chi connectivity index (χ1n) is 8.45. The zero-order valence-electron chi connectivity index (χ0n) is 15.0. The highest BCUT2D eigenvalue weighted by Gasteiger charge is 2.10. The maximum atomic E-state index is 11.9. The average Bonchev–Trinajstić information content (AvgIpc) is 2.63. The van der Waals surface area contributed by atoms with Crippen LogP contribution in [0.3, 0.4) is 0 Å². The number of hydrogen-bond acceptors (Lipinski definition) is 5. The molecule has 1 N–H and O–H groups in total. The minimum Gasteiger partial charge on any atom is -0.493 e. The van der Waals surface area contributed by atoms with Crippen LogP contribution in [-0.4, -0.2) is 31.7 Å². The molecule has 0 aliphatic rings. The third-order valence-corrected chi connectivity index (χ3v) is 3.42. The lowest BCUT2D eigenvalue weighted by atomic mass is 10.2. The maximum absolute atomic E-state index is 11.9. The van der Waals surface area contributed by atoms with E-state index < -0.39 is 11.9 Å². The molecule has 0 saturated heterocycles. The van der Waals surface area contributed by atoms with E-state index in [9.17, 15) is 9.59 Å². The molecule has 2 rings (SSSR count). The fourth-order valence-corrected chi connectivity index (χ4v) is 2.14. The number of ether oxygens (including phenoxy) is 3. The van der Waals surface area contributed by atoms with E-state index in [4.69, 9.17) is 14.2 Å². The lowest BCUT2D eigenvalue weighted by Gasteiger charge is -2.11. The number of esters is 1. The molecule has 0 bridgehead atoms. The summed E-state index contributed by atoms with van der Waals surface area (Å²) in [5.41, 5.74) is 1.67. The van der Waals surface area contributed by atoms with Crippen molar-refractivity contribution in [1.29, 1.82) is 0 Å². The van der Waals surface area contributed by atoms with Crippen molar-refractivity contribution in [3.05, 3.63) is 54.1 Å². The number of nitrogens with one attached hydrogen (secondary N) is 1. The van der Waals surface area contributed by atoms with Gasteiger partial charge in [0.15, 0.2) is 6.61 Å². The van der Waals surface area contributed by atoms with E-state index in [1.165, 1.54) is 0 Å². The molecule has 0 atom stereocenters. The summed E-state index contributed by atoms with van der Waals surface area (Å²) in [6.07, 6.45) is 0.0662. The summed E-state index contributed by atoms with van der Waals surface area (Å²) >= 11 is 0. The van der Waals surface area contributed by atoms with Crippen LogP contribution < -0.4 is 14.8 Å². The number of para-hydroxylation sites is 2. The van der Waals surface area contributed by atoms with Crippen LogP contribution in [0.2, 0.25) is 0 Å². The Labute approximate surface area is 153 Å². The summed E-state index contributed by atoms with van der Waals surface area (Å²) in [6, 6.07) is 14.6. The molecule has 6 heteroatoms. The van der Waals surface area contributed by atoms with Crippen LogP contribution in [0.25, 0.3) is 0 Å². The van der Waals surface area contributed by atoms with Crippen LogP contribution in [0.1, 0.15) is 18.9 Å². The topological polar surface area (TPSA) is 73.9 Å². The lowest BCUT2D eigenvalue weighted by molar-refractivity contribution is -0.147. The molecule has 0 aliphatic heterocycles. The smallest absolute Gasteiger partial charge is 0.309 e. The summed E-state index contributed by atoms with van der Waals surface area (Å²) in [6.45, 7) is 4.17. The van der Waals surface area contributed by atoms with Crippen molar-refractivity contribution in [3.8, 4) is 11.5 Å². The van der Waals surface area contributed by atoms with Gasteiger partial charge in [-0.2, -0.15) is 0 Å². The quantitative estimate of drug-likeness (QED) is 0.697. The van der Waals surface area contributed by atoms with Gasteiger partial charge in [-0.15, -0.1) is 0 Å². The molecule has 0 saturated carbocycles. The molecule has 0 spiro atoms. The predicted molar refractivity (Wildman–Crippen MR) is 98.5 cm³/mol. The van der Waals surface area contributed by atoms with E-state index in [1.807, 2.05) is 44.2 Å². The summed E-state index contributed by atoms with van der Waals surface area (Å²) in [5.74, 6) is 0.338. The molecule has 138 valence electrons. The Bertz CT molecular complexity index is 727. The van der Waals surface area contributed by atoms with Crippen molar-refractivity contribution < 1.29 is 23.8 Å². The number of carbonyl (C=O) groups excluding carboxylic acids is 2. The third kappa shape index (κ3) is 6.47. The second-order valence-corrected chi connectivity index (χ2v) is 5.55. The fourth-order valence-electron chi connectivity index (χ4n) is 2.14. The first-order chi connectivity index (χ1) is 12.6. The minimum absolute atomic E-state index is 0.0662. The van der Waals surface area contributed by atoms with Gasteiger partial charge in [0.25, 0.3) is 5.91 Å². The molecule has 0 aliphatic carbocycles. The van der Waals surface area contributed by atoms with E-state index in [0.29, 0.717) is 23.8 Å². The number of anilines is 1. The first-order valence-corrected chi connectivity index (χ1v) is 8.45. The van der Waals surface area contributed by atoms with Crippen LogP contribution in [0.4, 0.5) is 5.69 Å². The Hall–Kier alpha value is -3.02. The fraction of sp³-hybridized carbons (Fsp3) is 0.300. The Kier molecular flexibility index (Phi) is 7.49. The van der Waals surface area contributed by atoms with Gasteiger partial charge in [-0.05, 0) is 38.1 Å². The molecule has 6 nitrogen and oxygen atoms in total. The lowest BCUT2D eigenvalue weighted by Crippen LogP contribution is -2.22. The van der Waals surface area contributed by atoms with Crippen molar-refractivity contribution in [3.63, 3.8) is 0 Å². The zero-order chi connectivity index (χ0) is 18.8. The van der Waals surface area contributed by atoms with Crippen LogP contribution >= 0.6 is 0 Å². The number of benzene rings is 2. The number of hydrogen-bond donors (Lipinski definition) is 1. The molecule has 0 heterocycles. The monoisotopic (exact) mass is 357 g/mol. The highest BCUT2D eigenvalue weighted by molar-refractivity contribution is 5.94. The van der Waals surface area contributed by atoms with Crippen molar-refractivity contribution in [2.75, 3.05) is 25.1 Å². The summed E-state index contributed by atoms with van der Waals surface area (Å²) in [4.78, 5) is 23.6. The number of rotatable bonds is 9. The molecule has 26 heavy (non-hydrogen) atoms. The summed E-state index contributed by atoms with van der Waals surface area (Å²) in [5, 5.41) is 2.67. The van der Waals surface area contributed by atoms with Crippen LogP contribution in [0.15, 0.2) is 48.5 Å². The molecule has 2 aromatic rings. The van der Waals surface area contributed by atoms with Gasteiger partial charge in [0.05, 0.1) is 25.3 Å².